The molecule has 0 aliphatic carbocycles. The summed E-state index contributed by atoms with van der Waals surface area (Å²) < 4.78 is 58.5. The monoisotopic (exact) mass is 426 g/mol. The SMILES string of the molecule is Cc1ccc(OCCS(=O)(=O)NCCCNS(=O)(=O)c2ccc(C)cc2)cc1. The van der Waals surface area contributed by atoms with Gasteiger partial charge >= 0.3 is 0 Å². The predicted octanol–water partition coefficient (Wildman–Crippen LogP) is 1.97. The van der Waals surface area contributed by atoms with Crippen LogP contribution in [-0.2, 0) is 20.0 Å². The van der Waals surface area contributed by atoms with E-state index in [0.717, 1.165) is 11.1 Å². The van der Waals surface area contributed by atoms with Gasteiger partial charge in [-0.25, -0.2) is 26.3 Å². The van der Waals surface area contributed by atoms with Crippen LogP contribution in [0.5, 0.6) is 5.75 Å². The molecule has 7 nitrogen and oxygen atoms in total. The van der Waals surface area contributed by atoms with E-state index in [9.17, 15) is 16.8 Å². The molecule has 28 heavy (non-hydrogen) atoms. The van der Waals surface area contributed by atoms with Crippen molar-refractivity contribution in [1.82, 2.24) is 9.44 Å². The maximum absolute atomic E-state index is 12.1. The average Bonchev–Trinajstić information content (AvgIpc) is 2.63. The van der Waals surface area contributed by atoms with Crippen LogP contribution in [0.4, 0.5) is 0 Å². The van der Waals surface area contributed by atoms with Crippen molar-refractivity contribution in [3.63, 3.8) is 0 Å². The highest BCUT2D eigenvalue weighted by molar-refractivity contribution is 7.89. The van der Waals surface area contributed by atoms with Crippen molar-refractivity contribution in [2.45, 2.75) is 25.2 Å². The van der Waals surface area contributed by atoms with Gasteiger partial charge in [-0.2, -0.15) is 0 Å². The minimum absolute atomic E-state index is 0.0401. The van der Waals surface area contributed by atoms with E-state index in [1.807, 2.05) is 26.0 Å². The van der Waals surface area contributed by atoms with Crippen molar-refractivity contribution in [1.29, 1.82) is 0 Å². The first kappa shape index (κ1) is 22.4. The Balaban J connectivity index is 1.67. The number of benzene rings is 2. The molecule has 0 aromatic heterocycles. The second kappa shape index (κ2) is 10.0. The molecular weight excluding hydrogens is 400 g/mol. The highest BCUT2D eigenvalue weighted by atomic mass is 32.2. The van der Waals surface area contributed by atoms with Gasteiger partial charge in [-0.1, -0.05) is 35.4 Å². The Labute approximate surface area is 167 Å². The summed E-state index contributed by atoms with van der Waals surface area (Å²) in [6, 6.07) is 13.9. The van der Waals surface area contributed by atoms with E-state index in [4.69, 9.17) is 4.74 Å². The third-order valence-corrected chi connectivity index (χ3v) is 6.77. The molecule has 0 aliphatic rings. The molecule has 0 atom stereocenters. The summed E-state index contributed by atoms with van der Waals surface area (Å²) in [6.07, 6.45) is 0.336. The molecule has 0 spiro atoms. The molecule has 0 saturated carbocycles. The first-order valence-corrected chi connectivity index (χ1v) is 12.0. The Bertz CT molecular complexity index is 954. The van der Waals surface area contributed by atoms with E-state index in [0.29, 0.717) is 12.2 Å². The Morgan fingerprint density at radius 2 is 1.32 bits per heavy atom. The lowest BCUT2D eigenvalue weighted by Crippen LogP contribution is -2.32. The van der Waals surface area contributed by atoms with Crippen molar-refractivity contribution < 1.29 is 21.6 Å². The summed E-state index contributed by atoms with van der Waals surface area (Å²) in [7, 11) is -7.07. The van der Waals surface area contributed by atoms with Crippen LogP contribution in [-0.4, -0.2) is 42.3 Å². The molecule has 0 bridgehead atoms. The normalized spacial score (nSPS) is 12.1. The fraction of sp³-hybridized carbons (Fsp3) is 0.368. The second-order valence-electron chi connectivity index (χ2n) is 6.44. The largest absolute Gasteiger partial charge is 0.492 e. The molecule has 0 unspecified atom stereocenters. The number of sulfonamides is 2. The van der Waals surface area contributed by atoms with Crippen LogP contribution in [0.15, 0.2) is 53.4 Å². The van der Waals surface area contributed by atoms with Gasteiger partial charge < -0.3 is 4.74 Å². The number of rotatable bonds is 11. The van der Waals surface area contributed by atoms with Crippen molar-refractivity contribution in [2.75, 3.05) is 25.4 Å². The fourth-order valence-corrected chi connectivity index (χ4v) is 4.28. The van der Waals surface area contributed by atoms with E-state index in [2.05, 4.69) is 9.44 Å². The molecule has 154 valence electrons. The molecule has 0 aliphatic heterocycles. The van der Waals surface area contributed by atoms with Crippen LogP contribution in [0, 0.1) is 13.8 Å². The first-order valence-electron chi connectivity index (χ1n) is 8.91. The maximum Gasteiger partial charge on any atom is 0.240 e. The highest BCUT2D eigenvalue weighted by Gasteiger charge is 2.13. The Morgan fingerprint density at radius 1 is 0.786 bits per heavy atom. The third-order valence-electron chi connectivity index (χ3n) is 3.94. The summed E-state index contributed by atoms with van der Waals surface area (Å²) in [5.41, 5.74) is 2.07. The maximum atomic E-state index is 12.1. The molecular formula is C19H26N2O5S2. The van der Waals surface area contributed by atoms with Crippen molar-refractivity contribution in [3.8, 4) is 5.75 Å². The lowest BCUT2D eigenvalue weighted by Gasteiger charge is -2.10. The van der Waals surface area contributed by atoms with Crippen LogP contribution >= 0.6 is 0 Å². The summed E-state index contributed by atoms with van der Waals surface area (Å²) in [4.78, 5) is 0.187. The van der Waals surface area contributed by atoms with E-state index < -0.39 is 20.0 Å². The standard InChI is InChI=1S/C19H26N2O5S2/c1-16-4-8-18(9-5-16)26-14-15-27(22,23)20-12-3-13-21-28(24,25)19-10-6-17(2)7-11-19/h4-11,20-21H,3,12-15H2,1-2H3. The first-order chi connectivity index (χ1) is 13.2. The van der Waals surface area contributed by atoms with Crippen LogP contribution in [0.1, 0.15) is 17.5 Å². The summed E-state index contributed by atoms with van der Waals surface area (Å²) in [5, 5.41) is 0. The Morgan fingerprint density at radius 3 is 1.93 bits per heavy atom. The predicted molar refractivity (Wildman–Crippen MR) is 109 cm³/mol. The quantitative estimate of drug-likeness (QED) is 0.535. The molecule has 0 heterocycles. The summed E-state index contributed by atoms with van der Waals surface area (Å²) >= 11 is 0. The van der Waals surface area contributed by atoms with Gasteiger partial charge in [-0.15, -0.1) is 0 Å². The van der Waals surface area contributed by atoms with Gasteiger partial charge in [0.25, 0.3) is 0 Å². The van der Waals surface area contributed by atoms with Crippen LogP contribution in [0.2, 0.25) is 0 Å². The molecule has 0 saturated heterocycles. The molecule has 0 radical (unpaired) electrons. The number of aryl methyl sites for hydroxylation is 2. The molecule has 9 heteroatoms. The molecule has 0 fully saturated rings. The average molecular weight is 427 g/mol. The third kappa shape index (κ3) is 7.59. The fourth-order valence-electron chi connectivity index (χ4n) is 2.30. The van der Waals surface area contributed by atoms with Crippen molar-refractivity contribution in [3.05, 3.63) is 59.7 Å². The summed E-state index contributed by atoms with van der Waals surface area (Å²) in [6.45, 7) is 4.15. The lowest BCUT2D eigenvalue weighted by molar-refractivity contribution is 0.340. The number of nitrogens with one attached hydrogen (secondary N) is 2. The minimum atomic E-state index is -3.59. The number of hydrogen-bond donors (Lipinski definition) is 2. The molecule has 2 aromatic rings. The zero-order valence-electron chi connectivity index (χ0n) is 16.0. The van der Waals surface area contributed by atoms with Gasteiger partial charge in [-0.05, 0) is 44.5 Å². The number of hydrogen-bond acceptors (Lipinski definition) is 5. The van der Waals surface area contributed by atoms with Gasteiger partial charge in [0.2, 0.25) is 20.0 Å². The van der Waals surface area contributed by atoms with E-state index in [-0.39, 0.29) is 30.3 Å². The lowest BCUT2D eigenvalue weighted by atomic mass is 10.2. The smallest absolute Gasteiger partial charge is 0.240 e. The minimum Gasteiger partial charge on any atom is -0.492 e. The molecule has 0 amide bonds. The Hall–Kier alpha value is -1.94. The summed E-state index contributed by atoms with van der Waals surface area (Å²) in [5.74, 6) is 0.446. The highest BCUT2D eigenvalue weighted by Crippen LogP contribution is 2.11. The van der Waals surface area contributed by atoms with Crippen LogP contribution in [0.25, 0.3) is 0 Å². The number of ether oxygens (including phenoxy) is 1. The van der Waals surface area contributed by atoms with Crippen molar-refractivity contribution in [2.24, 2.45) is 0 Å². The second-order valence-corrected chi connectivity index (χ2v) is 10.1. The van der Waals surface area contributed by atoms with Gasteiger partial charge in [0.15, 0.2) is 0 Å². The van der Waals surface area contributed by atoms with Gasteiger partial charge in [0, 0.05) is 13.1 Å². The molecule has 2 aromatic carbocycles. The van der Waals surface area contributed by atoms with Gasteiger partial charge in [0.1, 0.15) is 12.4 Å². The van der Waals surface area contributed by atoms with E-state index >= 15 is 0 Å². The molecule has 2 rings (SSSR count). The van der Waals surface area contributed by atoms with E-state index in [1.165, 1.54) is 12.1 Å². The van der Waals surface area contributed by atoms with Gasteiger partial charge in [-0.3, -0.25) is 0 Å². The van der Waals surface area contributed by atoms with E-state index in [1.54, 1.807) is 24.3 Å². The van der Waals surface area contributed by atoms with Crippen LogP contribution < -0.4 is 14.2 Å². The molecule has 2 N–H and O–H groups in total. The van der Waals surface area contributed by atoms with Crippen LogP contribution in [0.3, 0.4) is 0 Å². The zero-order chi connectivity index (χ0) is 20.6. The van der Waals surface area contributed by atoms with Gasteiger partial charge in [0.05, 0.1) is 10.6 Å². The Kier molecular flexibility index (Phi) is 7.99. The topological polar surface area (TPSA) is 102 Å². The zero-order valence-corrected chi connectivity index (χ0v) is 17.6. The van der Waals surface area contributed by atoms with Crippen molar-refractivity contribution >= 4 is 20.0 Å².